The Bertz CT molecular complexity index is 692. The highest BCUT2D eigenvalue weighted by atomic mass is 15.1. The zero-order chi connectivity index (χ0) is 13.8. The van der Waals surface area contributed by atoms with Gasteiger partial charge in [-0.2, -0.15) is 0 Å². The van der Waals surface area contributed by atoms with E-state index in [9.17, 15) is 0 Å². The molecule has 0 aliphatic heterocycles. The molecule has 0 saturated carbocycles. The van der Waals surface area contributed by atoms with E-state index >= 15 is 0 Å². The van der Waals surface area contributed by atoms with Crippen molar-refractivity contribution in [3.05, 3.63) is 60.7 Å². The smallest absolute Gasteiger partial charge is 0.143 e. The first-order valence-corrected chi connectivity index (χ1v) is 6.28. The predicted molar refractivity (Wildman–Crippen MR) is 75.5 cm³/mol. The summed E-state index contributed by atoms with van der Waals surface area (Å²) >= 11 is 0. The first-order valence-electron chi connectivity index (χ1n) is 6.28. The molecule has 3 aromatic rings. The number of rotatable bonds is 4. The highest BCUT2D eigenvalue weighted by Gasteiger charge is 2.03. The number of nitrogens with one attached hydrogen (secondary N) is 1. The molecular weight excluding hydrogens is 252 g/mol. The maximum absolute atomic E-state index is 4.26. The first kappa shape index (κ1) is 12.3. The van der Waals surface area contributed by atoms with Crippen LogP contribution in [-0.2, 0) is 6.54 Å². The molecular formula is C14H14N6. The quantitative estimate of drug-likeness (QED) is 0.782. The summed E-state index contributed by atoms with van der Waals surface area (Å²) in [6.45, 7) is 2.61. The van der Waals surface area contributed by atoms with E-state index in [2.05, 4.69) is 25.3 Å². The fourth-order valence-electron chi connectivity index (χ4n) is 1.89. The summed E-state index contributed by atoms with van der Waals surface area (Å²) in [6.07, 6.45) is 8.76. The van der Waals surface area contributed by atoms with Crippen molar-refractivity contribution >= 4 is 5.82 Å². The molecule has 0 radical (unpaired) electrons. The molecule has 6 heteroatoms. The Morgan fingerprint density at radius 3 is 2.90 bits per heavy atom. The fourth-order valence-corrected chi connectivity index (χ4v) is 1.89. The molecule has 20 heavy (non-hydrogen) atoms. The Balaban J connectivity index is 1.77. The summed E-state index contributed by atoms with van der Waals surface area (Å²) < 4.78 is 1.91. The summed E-state index contributed by atoms with van der Waals surface area (Å²) in [5, 5.41) is 3.26. The summed E-state index contributed by atoms with van der Waals surface area (Å²) in [5.74, 6) is 2.46. The molecule has 1 N–H and O–H groups in total. The normalized spacial score (nSPS) is 10.4. The van der Waals surface area contributed by atoms with Crippen molar-refractivity contribution in [1.29, 1.82) is 0 Å². The lowest BCUT2D eigenvalue weighted by Crippen LogP contribution is -2.05. The molecule has 0 aromatic carbocycles. The van der Waals surface area contributed by atoms with Gasteiger partial charge in [0.15, 0.2) is 0 Å². The van der Waals surface area contributed by atoms with Crippen molar-refractivity contribution in [1.82, 2.24) is 24.5 Å². The standard InChI is InChI=1S/C14H14N6/c1-11-16-5-6-20(11)14-7-13(18-10-19-14)17-9-12-3-2-4-15-8-12/h2-8,10H,9H2,1H3,(H,17,18,19). The second-order valence-electron chi connectivity index (χ2n) is 4.32. The van der Waals surface area contributed by atoms with Crippen LogP contribution in [0.3, 0.4) is 0 Å². The second kappa shape index (κ2) is 5.48. The number of anilines is 1. The van der Waals surface area contributed by atoms with Crippen LogP contribution in [0.5, 0.6) is 0 Å². The lowest BCUT2D eigenvalue weighted by atomic mass is 10.3. The number of aromatic nitrogens is 5. The van der Waals surface area contributed by atoms with Gasteiger partial charge in [0.05, 0.1) is 0 Å². The molecule has 0 aliphatic rings. The molecule has 0 bridgehead atoms. The van der Waals surface area contributed by atoms with Crippen LogP contribution in [0.15, 0.2) is 49.3 Å². The zero-order valence-electron chi connectivity index (χ0n) is 11.1. The molecule has 0 unspecified atom stereocenters. The zero-order valence-corrected chi connectivity index (χ0v) is 11.1. The number of hydrogen-bond acceptors (Lipinski definition) is 5. The van der Waals surface area contributed by atoms with Crippen LogP contribution >= 0.6 is 0 Å². The number of imidazole rings is 1. The Hall–Kier alpha value is -2.76. The van der Waals surface area contributed by atoms with Crippen molar-refractivity contribution in [3.8, 4) is 5.82 Å². The minimum atomic E-state index is 0.674. The highest BCUT2D eigenvalue weighted by Crippen LogP contribution is 2.11. The average molecular weight is 266 g/mol. The minimum Gasteiger partial charge on any atom is -0.366 e. The number of nitrogens with zero attached hydrogens (tertiary/aromatic N) is 5. The molecule has 3 heterocycles. The summed E-state index contributed by atoms with van der Waals surface area (Å²) in [5.41, 5.74) is 1.10. The van der Waals surface area contributed by atoms with Crippen molar-refractivity contribution < 1.29 is 0 Å². The molecule has 0 amide bonds. The molecule has 100 valence electrons. The number of pyridine rings is 1. The Kier molecular flexibility index (Phi) is 3.36. The largest absolute Gasteiger partial charge is 0.366 e. The highest BCUT2D eigenvalue weighted by molar-refractivity contribution is 5.41. The molecule has 3 rings (SSSR count). The van der Waals surface area contributed by atoms with Crippen molar-refractivity contribution in [2.75, 3.05) is 5.32 Å². The van der Waals surface area contributed by atoms with Gasteiger partial charge in [-0.1, -0.05) is 6.07 Å². The third kappa shape index (κ3) is 2.64. The van der Waals surface area contributed by atoms with Gasteiger partial charge >= 0.3 is 0 Å². The van der Waals surface area contributed by atoms with Crippen LogP contribution in [0.2, 0.25) is 0 Å². The number of aryl methyl sites for hydroxylation is 1. The van der Waals surface area contributed by atoms with Gasteiger partial charge in [0.2, 0.25) is 0 Å². The first-order chi connectivity index (χ1) is 9.83. The van der Waals surface area contributed by atoms with E-state index in [1.807, 2.05) is 42.1 Å². The summed E-state index contributed by atoms with van der Waals surface area (Å²) in [7, 11) is 0. The minimum absolute atomic E-state index is 0.674. The van der Waals surface area contributed by atoms with Gasteiger partial charge in [-0.15, -0.1) is 0 Å². The van der Waals surface area contributed by atoms with Gasteiger partial charge in [-0.05, 0) is 18.6 Å². The third-order valence-corrected chi connectivity index (χ3v) is 2.92. The van der Waals surface area contributed by atoms with Gasteiger partial charge in [-0.25, -0.2) is 15.0 Å². The van der Waals surface area contributed by atoms with Gasteiger partial charge in [0.25, 0.3) is 0 Å². The lowest BCUT2D eigenvalue weighted by Gasteiger charge is -2.08. The van der Waals surface area contributed by atoms with Crippen LogP contribution in [-0.4, -0.2) is 24.5 Å². The van der Waals surface area contributed by atoms with Crippen LogP contribution in [0.25, 0.3) is 5.82 Å². The molecule has 3 aromatic heterocycles. The van der Waals surface area contributed by atoms with Crippen LogP contribution < -0.4 is 5.32 Å². The molecule has 0 saturated heterocycles. The average Bonchev–Trinajstić information content (AvgIpc) is 2.93. The van der Waals surface area contributed by atoms with Gasteiger partial charge in [-0.3, -0.25) is 9.55 Å². The monoisotopic (exact) mass is 266 g/mol. The predicted octanol–water partition coefficient (Wildman–Crippen LogP) is 1.98. The van der Waals surface area contributed by atoms with Gasteiger partial charge in [0.1, 0.15) is 23.8 Å². The molecule has 6 nitrogen and oxygen atoms in total. The van der Waals surface area contributed by atoms with E-state index in [4.69, 9.17) is 0 Å². The lowest BCUT2D eigenvalue weighted by molar-refractivity contribution is 0.917. The number of hydrogen-bond donors (Lipinski definition) is 1. The van der Waals surface area contributed by atoms with Crippen molar-refractivity contribution in [3.63, 3.8) is 0 Å². The van der Waals surface area contributed by atoms with Crippen LogP contribution in [0.4, 0.5) is 5.82 Å². The van der Waals surface area contributed by atoms with Gasteiger partial charge < -0.3 is 5.32 Å². The summed E-state index contributed by atoms with van der Waals surface area (Å²) in [6, 6.07) is 5.82. The maximum atomic E-state index is 4.26. The van der Waals surface area contributed by atoms with Crippen LogP contribution in [0, 0.1) is 6.92 Å². The van der Waals surface area contributed by atoms with E-state index in [1.54, 1.807) is 18.7 Å². The van der Waals surface area contributed by atoms with E-state index in [0.717, 1.165) is 23.0 Å². The fraction of sp³-hybridized carbons (Fsp3) is 0.143. The van der Waals surface area contributed by atoms with Crippen molar-refractivity contribution in [2.24, 2.45) is 0 Å². The maximum Gasteiger partial charge on any atom is 0.143 e. The Morgan fingerprint density at radius 2 is 2.15 bits per heavy atom. The van der Waals surface area contributed by atoms with E-state index in [-0.39, 0.29) is 0 Å². The second-order valence-corrected chi connectivity index (χ2v) is 4.32. The van der Waals surface area contributed by atoms with E-state index in [0.29, 0.717) is 6.54 Å². The van der Waals surface area contributed by atoms with E-state index < -0.39 is 0 Å². The third-order valence-electron chi connectivity index (χ3n) is 2.92. The van der Waals surface area contributed by atoms with E-state index in [1.165, 1.54) is 0 Å². The van der Waals surface area contributed by atoms with Crippen molar-refractivity contribution in [2.45, 2.75) is 13.5 Å². The topological polar surface area (TPSA) is 68.5 Å². The Labute approximate surface area is 116 Å². The molecule has 0 spiro atoms. The molecule has 0 atom stereocenters. The molecule has 0 fully saturated rings. The Morgan fingerprint density at radius 1 is 1.20 bits per heavy atom. The van der Waals surface area contributed by atoms with Crippen LogP contribution in [0.1, 0.15) is 11.4 Å². The van der Waals surface area contributed by atoms with Gasteiger partial charge in [0, 0.05) is 37.4 Å². The SMILES string of the molecule is Cc1nccn1-c1cc(NCc2cccnc2)ncn1. The molecule has 0 aliphatic carbocycles. The summed E-state index contributed by atoms with van der Waals surface area (Å²) in [4.78, 5) is 16.7.